The highest BCUT2D eigenvalue weighted by atomic mass is 33.1. The third kappa shape index (κ3) is 10.8. The van der Waals surface area contributed by atoms with Gasteiger partial charge >= 0.3 is 0 Å². The SMILES string of the molecule is CC(C)CCCCC(C)SSC(C)C. The third-order valence-corrected chi connectivity index (χ3v) is 5.59. The lowest BCUT2D eigenvalue weighted by Gasteiger charge is -2.12. The molecule has 0 aliphatic rings. The predicted molar refractivity (Wildman–Crippen MR) is 73.1 cm³/mol. The van der Waals surface area contributed by atoms with Crippen molar-refractivity contribution in [3.63, 3.8) is 0 Å². The van der Waals surface area contributed by atoms with E-state index in [2.05, 4.69) is 45.4 Å². The molecular weight excluding hydrogens is 208 g/mol. The largest absolute Gasteiger partial charge is 0.0910 e. The minimum absolute atomic E-state index is 0.762. The summed E-state index contributed by atoms with van der Waals surface area (Å²) in [4.78, 5) is 0. The Hall–Kier alpha value is 0.700. The van der Waals surface area contributed by atoms with Crippen LogP contribution in [-0.4, -0.2) is 10.5 Å². The number of rotatable bonds is 8. The van der Waals surface area contributed by atoms with E-state index in [1.807, 2.05) is 10.8 Å². The first-order valence-corrected chi connectivity index (χ1v) is 8.12. The zero-order valence-corrected chi connectivity index (χ0v) is 12.0. The molecule has 0 rings (SSSR count). The van der Waals surface area contributed by atoms with Gasteiger partial charge in [0.25, 0.3) is 0 Å². The molecule has 1 atom stereocenters. The molecule has 0 aromatic rings. The molecule has 1 unspecified atom stereocenters. The summed E-state index contributed by atoms with van der Waals surface area (Å²) < 4.78 is 0. The van der Waals surface area contributed by atoms with Crippen molar-refractivity contribution in [2.45, 2.75) is 70.8 Å². The van der Waals surface area contributed by atoms with Gasteiger partial charge in [-0.05, 0) is 12.3 Å². The normalized spacial score (nSPS) is 13.9. The molecule has 0 heterocycles. The van der Waals surface area contributed by atoms with Crippen molar-refractivity contribution in [3.05, 3.63) is 0 Å². The van der Waals surface area contributed by atoms with Crippen LogP contribution in [0.3, 0.4) is 0 Å². The molecule has 0 aromatic heterocycles. The Morgan fingerprint density at radius 2 is 1.36 bits per heavy atom. The summed E-state index contributed by atoms with van der Waals surface area (Å²) in [6.07, 6.45) is 5.60. The number of hydrogen-bond acceptors (Lipinski definition) is 2. The van der Waals surface area contributed by atoms with Gasteiger partial charge < -0.3 is 0 Å². The quantitative estimate of drug-likeness (QED) is 0.408. The molecule has 0 nitrogen and oxygen atoms in total. The first kappa shape index (κ1) is 14.7. The van der Waals surface area contributed by atoms with Crippen molar-refractivity contribution in [2.24, 2.45) is 5.92 Å². The summed E-state index contributed by atoms with van der Waals surface area (Å²) >= 11 is 0. The maximum Gasteiger partial charge on any atom is 0.0123 e. The smallest absolute Gasteiger partial charge is 0.0123 e. The van der Waals surface area contributed by atoms with Crippen molar-refractivity contribution < 1.29 is 0 Å². The predicted octanol–water partition coefficient (Wildman–Crippen LogP) is 5.38. The first-order valence-electron chi connectivity index (χ1n) is 5.84. The van der Waals surface area contributed by atoms with Crippen LogP contribution < -0.4 is 0 Å². The minimum atomic E-state index is 0.762. The lowest BCUT2D eigenvalue weighted by molar-refractivity contribution is 0.527. The molecule has 0 aliphatic carbocycles. The molecule has 0 fully saturated rings. The zero-order chi connectivity index (χ0) is 11.0. The van der Waals surface area contributed by atoms with E-state index in [9.17, 15) is 0 Å². The highest BCUT2D eigenvalue weighted by molar-refractivity contribution is 8.77. The maximum absolute atomic E-state index is 2.36. The van der Waals surface area contributed by atoms with Gasteiger partial charge in [0.1, 0.15) is 0 Å². The van der Waals surface area contributed by atoms with E-state index in [0.717, 1.165) is 16.4 Å². The fourth-order valence-electron chi connectivity index (χ4n) is 1.24. The van der Waals surface area contributed by atoms with Crippen molar-refractivity contribution in [1.82, 2.24) is 0 Å². The highest BCUT2D eigenvalue weighted by Crippen LogP contribution is 2.32. The van der Waals surface area contributed by atoms with Crippen LogP contribution in [0.5, 0.6) is 0 Å². The van der Waals surface area contributed by atoms with Crippen molar-refractivity contribution in [1.29, 1.82) is 0 Å². The van der Waals surface area contributed by atoms with Gasteiger partial charge in [-0.3, -0.25) is 0 Å². The Bertz CT molecular complexity index is 121. The van der Waals surface area contributed by atoms with E-state index in [4.69, 9.17) is 0 Å². The van der Waals surface area contributed by atoms with Crippen LogP contribution in [-0.2, 0) is 0 Å². The fraction of sp³-hybridized carbons (Fsp3) is 1.00. The summed E-state index contributed by atoms with van der Waals surface area (Å²) in [5.41, 5.74) is 0. The van der Waals surface area contributed by atoms with Gasteiger partial charge in [0.2, 0.25) is 0 Å². The molecule has 0 bridgehead atoms. The molecule has 0 amide bonds. The molecule has 0 saturated heterocycles. The second-order valence-electron chi connectivity index (χ2n) is 4.73. The maximum atomic E-state index is 2.36. The van der Waals surface area contributed by atoms with Crippen LogP contribution in [0.1, 0.15) is 60.3 Å². The Labute approximate surface area is 98.4 Å². The fourth-order valence-corrected chi connectivity index (χ4v) is 3.44. The molecule has 0 aliphatic heterocycles. The van der Waals surface area contributed by atoms with E-state index in [0.29, 0.717) is 0 Å². The van der Waals surface area contributed by atoms with Gasteiger partial charge in [0.05, 0.1) is 0 Å². The standard InChI is InChI=1S/C12H26S2/c1-10(2)8-6-7-9-12(5)14-13-11(3)4/h10-12H,6-9H2,1-5H3. The van der Waals surface area contributed by atoms with Gasteiger partial charge in [-0.15, -0.1) is 0 Å². The zero-order valence-electron chi connectivity index (χ0n) is 10.4. The molecular formula is C12H26S2. The first-order chi connectivity index (χ1) is 6.52. The van der Waals surface area contributed by atoms with Crippen molar-refractivity contribution in [2.75, 3.05) is 0 Å². The topological polar surface area (TPSA) is 0 Å². The molecule has 0 radical (unpaired) electrons. The van der Waals surface area contributed by atoms with Crippen LogP contribution in [0, 0.1) is 5.92 Å². The Kier molecular flexibility index (Phi) is 9.41. The van der Waals surface area contributed by atoms with Gasteiger partial charge in [0, 0.05) is 10.5 Å². The number of hydrogen-bond donors (Lipinski definition) is 0. The van der Waals surface area contributed by atoms with E-state index < -0.39 is 0 Å². The number of unbranched alkanes of at least 4 members (excludes halogenated alkanes) is 1. The third-order valence-electron chi connectivity index (χ3n) is 2.05. The summed E-state index contributed by atoms with van der Waals surface area (Å²) in [5.74, 6) is 0.878. The van der Waals surface area contributed by atoms with E-state index >= 15 is 0 Å². The minimum Gasteiger partial charge on any atom is -0.0910 e. The monoisotopic (exact) mass is 234 g/mol. The second-order valence-corrected chi connectivity index (χ2v) is 8.02. The Balaban J connectivity index is 3.22. The van der Waals surface area contributed by atoms with Gasteiger partial charge in [-0.25, -0.2) is 0 Å². The summed E-state index contributed by atoms with van der Waals surface area (Å²) in [6.45, 7) is 11.5. The average Bonchev–Trinajstić information content (AvgIpc) is 2.08. The van der Waals surface area contributed by atoms with E-state index in [-0.39, 0.29) is 0 Å². The highest BCUT2D eigenvalue weighted by Gasteiger charge is 2.04. The van der Waals surface area contributed by atoms with Gasteiger partial charge in [-0.1, -0.05) is 75.5 Å². The molecule has 0 aromatic carbocycles. The lowest BCUT2D eigenvalue weighted by atomic mass is 10.0. The summed E-state index contributed by atoms with van der Waals surface area (Å²) in [6, 6.07) is 0. The van der Waals surface area contributed by atoms with Crippen LogP contribution in [0.2, 0.25) is 0 Å². The summed E-state index contributed by atoms with van der Waals surface area (Å²) in [5, 5.41) is 1.59. The van der Waals surface area contributed by atoms with Gasteiger partial charge in [-0.2, -0.15) is 0 Å². The molecule has 86 valence electrons. The molecule has 14 heavy (non-hydrogen) atoms. The molecule has 0 saturated carbocycles. The van der Waals surface area contributed by atoms with Crippen LogP contribution >= 0.6 is 21.6 Å². The Morgan fingerprint density at radius 1 is 0.786 bits per heavy atom. The van der Waals surface area contributed by atoms with Gasteiger partial charge in [0.15, 0.2) is 0 Å². The van der Waals surface area contributed by atoms with Crippen molar-refractivity contribution >= 4 is 21.6 Å². The Morgan fingerprint density at radius 3 is 1.86 bits per heavy atom. The molecule has 0 N–H and O–H groups in total. The average molecular weight is 234 g/mol. The molecule has 0 spiro atoms. The van der Waals surface area contributed by atoms with Crippen LogP contribution in [0.4, 0.5) is 0 Å². The van der Waals surface area contributed by atoms with Crippen molar-refractivity contribution in [3.8, 4) is 0 Å². The van der Waals surface area contributed by atoms with E-state index in [1.165, 1.54) is 25.7 Å². The summed E-state index contributed by atoms with van der Waals surface area (Å²) in [7, 11) is 4.08. The molecule has 2 heteroatoms. The lowest BCUT2D eigenvalue weighted by Crippen LogP contribution is -1.96. The van der Waals surface area contributed by atoms with Crippen LogP contribution in [0.15, 0.2) is 0 Å². The van der Waals surface area contributed by atoms with Crippen LogP contribution in [0.25, 0.3) is 0 Å². The van der Waals surface area contributed by atoms with E-state index in [1.54, 1.807) is 0 Å². The second kappa shape index (κ2) is 8.96.